The van der Waals surface area contributed by atoms with E-state index in [9.17, 15) is 8.42 Å². The smallest absolute Gasteiger partial charge is 0.213 e. The van der Waals surface area contributed by atoms with Crippen LogP contribution in [0.15, 0.2) is 22.9 Å². The van der Waals surface area contributed by atoms with E-state index >= 15 is 0 Å². The van der Waals surface area contributed by atoms with Crippen molar-refractivity contribution >= 4 is 31.6 Å². The second-order valence-corrected chi connectivity index (χ2v) is 5.88. The van der Waals surface area contributed by atoms with E-state index in [-0.39, 0.29) is 5.75 Å². The molecule has 90 valence electrons. The van der Waals surface area contributed by atoms with Crippen molar-refractivity contribution in [2.45, 2.75) is 6.92 Å². The summed E-state index contributed by atoms with van der Waals surface area (Å²) < 4.78 is 25.9. The predicted octanol–water partition coefficient (Wildman–Crippen LogP) is 1.20. The minimum Gasteiger partial charge on any atom is -0.383 e. The summed E-state index contributed by atoms with van der Waals surface area (Å²) in [6.07, 6.45) is 3.30. The molecule has 1 heterocycles. The van der Waals surface area contributed by atoms with Crippen LogP contribution in [-0.2, 0) is 10.0 Å². The van der Waals surface area contributed by atoms with Gasteiger partial charge >= 0.3 is 0 Å². The molecular weight excluding hydrogens is 294 g/mol. The van der Waals surface area contributed by atoms with Crippen LogP contribution in [0, 0.1) is 0 Å². The Morgan fingerprint density at radius 2 is 2.25 bits per heavy atom. The predicted molar refractivity (Wildman–Crippen MR) is 67.9 cm³/mol. The van der Waals surface area contributed by atoms with Crippen LogP contribution in [0.5, 0.6) is 0 Å². The van der Waals surface area contributed by atoms with E-state index in [1.54, 1.807) is 25.4 Å². The van der Waals surface area contributed by atoms with Gasteiger partial charge in [-0.15, -0.1) is 0 Å². The van der Waals surface area contributed by atoms with Crippen molar-refractivity contribution in [2.24, 2.45) is 0 Å². The molecule has 0 atom stereocenters. The number of pyridine rings is 1. The van der Waals surface area contributed by atoms with Gasteiger partial charge < -0.3 is 5.32 Å². The van der Waals surface area contributed by atoms with Gasteiger partial charge in [-0.05, 0) is 22.0 Å². The van der Waals surface area contributed by atoms with Crippen LogP contribution in [0.2, 0.25) is 0 Å². The van der Waals surface area contributed by atoms with Crippen molar-refractivity contribution in [3.8, 4) is 0 Å². The molecule has 16 heavy (non-hydrogen) atoms. The molecule has 7 heteroatoms. The van der Waals surface area contributed by atoms with E-state index in [1.807, 2.05) is 0 Å². The number of halogens is 1. The Bertz CT molecular complexity index is 436. The quantitative estimate of drug-likeness (QED) is 0.828. The second kappa shape index (κ2) is 6.17. The Labute approximate surface area is 104 Å². The fraction of sp³-hybridized carbons (Fsp3) is 0.444. The lowest BCUT2D eigenvalue weighted by Gasteiger charge is -2.08. The first-order chi connectivity index (χ1) is 7.55. The van der Waals surface area contributed by atoms with E-state index in [0.29, 0.717) is 13.1 Å². The van der Waals surface area contributed by atoms with Crippen molar-refractivity contribution in [1.29, 1.82) is 0 Å². The summed E-state index contributed by atoms with van der Waals surface area (Å²) >= 11 is 3.32. The molecule has 0 spiro atoms. The highest BCUT2D eigenvalue weighted by molar-refractivity contribution is 9.10. The highest BCUT2D eigenvalue weighted by Gasteiger charge is 2.07. The Hall–Kier alpha value is -0.660. The molecular formula is C9H14BrN3O2S. The molecule has 0 radical (unpaired) electrons. The molecule has 2 N–H and O–H groups in total. The lowest BCUT2D eigenvalue weighted by molar-refractivity contribution is 0.584. The first-order valence-electron chi connectivity index (χ1n) is 4.86. The Morgan fingerprint density at radius 3 is 2.88 bits per heavy atom. The zero-order valence-electron chi connectivity index (χ0n) is 8.90. The number of nitrogens with one attached hydrogen (secondary N) is 2. The number of anilines is 1. The SMILES string of the molecule is CCNS(=O)(=O)CCNc1ccncc1Br. The van der Waals surface area contributed by atoms with Crippen molar-refractivity contribution < 1.29 is 8.42 Å². The summed E-state index contributed by atoms with van der Waals surface area (Å²) in [5.74, 6) is 0.0512. The van der Waals surface area contributed by atoms with Gasteiger partial charge in [0.25, 0.3) is 0 Å². The summed E-state index contributed by atoms with van der Waals surface area (Å²) in [6.45, 7) is 2.53. The average Bonchev–Trinajstić information content (AvgIpc) is 2.20. The maximum Gasteiger partial charge on any atom is 0.213 e. The standard InChI is InChI=1S/C9H14BrN3O2S/c1-2-13-16(14,15)6-5-12-9-3-4-11-7-8(9)10/h3-4,7,13H,2,5-6H2,1H3,(H,11,12). The van der Waals surface area contributed by atoms with E-state index < -0.39 is 10.0 Å². The number of hydrogen-bond acceptors (Lipinski definition) is 4. The van der Waals surface area contributed by atoms with Crippen molar-refractivity contribution in [2.75, 3.05) is 24.2 Å². The van der Waals surface area contributed by atoms with Crippen LogP contribution in [0.1, 0.15) is 6.92 Å². The Balaban J connectivity index is 2.45. The van der Waals surface area contributed by atoms with Crippen LogP contribution in [0.25, 0.3) is 0 Å². The van der Waals surface area contributed by atoms with Gasteiger partial charge in [-0.25, -0.2) is 13.1 Å². The lowest BCUT2D eigenvalue weighted by Crippen LogP contribution is -2.29. The molecule has 0 amide bonds. The third kappa shape index (κ3) is 4.46. The molecule has 0 aliphatic heterocycles. The second-order valence-electron chi connectivity index (χ2n) is 3.10. The normalized spacial score (nSPS) is 11.4. The summed E-state index contributed by atoms with van der Waals surface area (Å²) in [7, 11) is -3.16. The molecule has 1 rings (SSSR count). The third-order valence-corrected chi connectivity index (χ3v) is 3.92. The zero-order chi connectivity index (χ0) is 12.0. The Kier molecular flexibility index (Phi) is 5.17. The first kappa shape index (κ1) is 13.4. The number of hydrogen-bond donors (Lipinski definition) is 2. The first-order valence-corrected chi connectivity index (χ1v) is 7.30. The fourth-order valence-corrected chi connectivity index (χ4v) is 2.48. The summed E-state index contributed by atoms with van der Waals surface area (Å²) in [5.41, 5.74) is 0.835. The minimum absolute atomic E-state index is 0.0512. The van der Waals surface area contributed by atoms with E-state index in [4.69, 9.17) is 0 Å². The fourth-order valence-electron chi connectivity index (χ4n) is 1.13. The largest absolute Gasteiger partial charge is 0.383 e. The lowest BCUT2D eigenvalue weighted by atomic mass is 10.4. The van der Waals surface area contributed by atoms with Crippen molar-refractivity contribution in [3.05, 3.63) is 22.9 Å². The highest BCUT2D eigenvalue weighted by atomic mass is 79.9. The van der Waals surface area contributed by atoms with Crippen LogP contribution < -0.4 is 10.0 Å². The topological polar surface area (TPSA) is 71.1 Å². The van der Waals surface area contributed by atoms with Gasteiger partial charge in [0, 0.05) is 25.5 Å². The number of nitrogens with zero attached hydrogens (tertiary/aromatic N) is 1. The molecule has 1 aromatic rings. The maximum absolute atomic E-state index is 11.3. The molecule has 0 saturated heterocycles. The molecule has 0 aliphatic rings. The molecule has 0 bridgehead atoms. The van der Waals surface area contributed by atoms with Gasteiger partial charge in [-0.1, -0.05) is 6.92 Å². The van der Waals surface area contributed by atoms with Gasteiger partial charge in [0.15, 0.2) is 0 Å². The van der Waals surface area contributed by atoms with Crippen LogP contribution in [0.4, 0.5) is 5.69 Å². The summed E-state index contributed by atoms with van der Waals surface area (Å²) in [5, 5.41) is 3.02. The van der Waals surface area contributed by atoms with Gasteiger partial charge in [-0.2, -0.15) is 0 Å². The van der Waals surface area contributed by atoms with Crippen LogP contribution in [0.3, 0.4) is 0 Å². The van der Waals surface area contributed by atoms with Gasteiger partial charge in [0.2, 0.25) is 10.0 Å². The molecule has 0 aliphatic carbocycles. The monoisotopic (exact) mass is 307 g/mol. The van der Waals surface area contributed by atoms with E-state index in [2.05, 4.69) is 31.0 Å². The van der Waals surface area contributed by atoms with Gasteiger partial charge in [0.05, 0.1) is 15.9 Å². The third-order valence-electron chi connectivity index (χ3n) is 1.82. The molecule has 0 aromatic carbocycles. The molecule has 5 nitrogen and oxygen atoms in total. The highest BCUT2D eigenvalue weighted by Crippen LogP contribution is 2.19. The van der Waals surface area contributed by atoms with Crippen LogP contribution in [-0.4, -0.2) is 32.2 Å². The Morgan fingerprint density at radius 1 is 1.50 bits per heavy atom. The minimum atomic E-state index is -3.16. The van der Waals surface area contributed by atoms with E-state index in [1.165, 1.54) is 0 Å². The maximum atomic E-state index is 11.3. The number of rotatable bonds is 6. The van der Waals surface area contributed by atoms with E-state index in [0.717, 1.165) is 10.2 Å². The number of aromatic nitrogens is 1. The van der Waals surface area contributed by atoms with Gasteiger partial charge in [0.1, 0.15) is 0 Å². The summed E-state index contributed by atoms with van der Waals surface area (Å²) in [6, 6.07) is 1.78. The van der Waals surface area contributed by atoms with Crippen molar-refractivity contribution in [1.82, 2.24) is 9.71 Å². The van der Waals surface area contributed by atoms with Crippen LogP contribution >= 0.6 is 15.9 Å². The zero-order valence-corrected chi connectivity index (χ0v) is 11.3. The average molecular weight is 308 g/mol. The van der Waals surface area contributed by atoms with Gasteiger partial charge in [-0.3, -0.25) is 4.98 Å². The van der Waals surface area contributed by atoms with Crippen molar-refractivity contribution in [3.63, 3.8) is 0 Å². The molecule has 0 saturated carbocycles. The molecule has 0 fully saturated rings. The molecule has 1 aromatic heterocycles. The number of sulfonamides is 1. The summed E-state index contributed by atoms with van der Waals surface area (Å²) in [4.78, 5) is 3.91. The molecule has 0 unspecified atom stereocenters.